The van der Waals surface area contributed by atoms with Crippen molar-refractivity contribution in [2.45, 2.75) is 56.9 Å². The fourth-order valence-electron chi connectivity index (χ4n) is 4.18. The normalized spacial score (nSPS) is 20.2. The molecule has 0 atom stereocenters. The highest BCUT2D eigenvalue weighted by molar-refractivity contribution is 5.97. The van der Waals surface area contributed by atoms with Crippen molar-refractivity contribution in [3.05, 3.63) is 35.9 Å². The van der Waals surface area contributed by atoms with Gasteiger partial charge in [0.1, 0.15) is 0 Å². The maximum Gasteiger partial charge on any atom is 0.220 e. The molecule has 4 heteroatoms. The van der Waals surface area contributed by atoms with Gasteiger partial charge in [0.15, 0.2) is 5.78 Å². The van der Waals surface area contributed by atoms with Gasteiger partial charge in [0, 0.05) is 30.5 Å². The number of hydrogen-bond donors (Lipinski definition) is 1. The number of benzene rings is 1. The quantitative estimate of drug-likeness (QED) is 0.782. The van der Waals surface area contributed by atoms with Crippen LogP contribution in [-0.2, 0) is 4.79 Å². The van der Waals surface area contributed by atoms with Gasteiger partial charge in [-0.15, -0.1) is 0 Å². The number of ketones is 1. The summed E-state index contributed by atoms with van der Waals surface area (Å²) >= 11 is 0. The molecule has 0 unspecified atom stereocenters. The number of carbonyl (C=O) groups excluding carboxylic acids is 2. The van der Waals surface area contributed by atoms with Crippen LogP contribution in [0.5, 0.6) is 0 Å². The first-order valence-electron chi connectivity index (χ1n) is 9.30. The largest absolute Gasteiger partial charge is 0.354 e. The Morgan fingerprint density at radius 1 is 0.958 bits per heavy atom. The van der Waals surface area contributed by atoms with E-state index >= 15 is 0 Å². The predicted octanol–water partition coefficient (Wildman–Crippen LogP) is 3.17. The van der Waals surface area contributed by atoms with Crippen molar-refractivity contribution in [1.82, 2.24) is 10.2 Å². The first-order valence-corrected chi connectivity index (χ1v) is 9.30. The average Bonchev–Trinajstić information content (AvgIpc) is 3.30. The van der Waals surface area contributed by atoms with Crippen LogP contribution in [0.2, 0.25) is 0 Å². The molecular weight excluding hydrogens is 300 g/mol. The molecule has 0 spiro atoms. The molecule has 1 aromatic rings. The molecule has 24 heavy (non-hydrogen) atoms. The second kappa shape index (κ2) is 7.93. The molecule has 4 nitrogen and oxygen atoms in total. The summed E-state index contributed by atoms with van der Waals surface area (Å²) in [5.74, 6) is 0.0469. The zero-order valence-corrected chi connectivity index (χ0v) is 14.4. The summed E-state index contributed by atoms with van der Waals surface area (Å²) < 4.78 is 0. The third-order valence-corrected chi connectivity index (χ3v) is 5.60. The second-order valence-corrected chi connectivity index (χ2v) is 7.19. The molecule has 2 aliphatic rings. The van der Waals surface area contributed by atoms with Crippen LogP contribution in [0.4, 0.5) is 0 Å². The van der Waals surface area contributed by atoms with Gasteiger partial charge in [-0.1, -0.05) is 43.2 Å². The Morgan fingerprint density at radius 3 is 2.29 bits per heavy atom. The summed E-state index contributed by atoms with van der Waals surface area (Å²) in [5, 5.41) is 3.12. The highest BCUT2D eigenvalue weighted by Crippen LogP contribution is 2.36. The standard InChI is InChI=1S/C20H28N2O2/c23-18(17-8-2-1-3-9-17)10-11-19(24)21-16-20(12-4-5-13-20)22-14-6-7-15-22/h1-3,8-9H,4-7,10-16H2,(H,21,24). The van der Waals surface area contributed by atoms with Gasteiger partial charge >= 0.3 is 0 Å². The van der Waals surface area contributed by atoms with E-state index in [9.17, 15) is 9.59 Å². The number of rotatable bonds is 7. The zero-order chi connectivity index (χ0) is 16.8. The summed E-state index contributed by atoms with van der Waals surface area (Å²) in [6, 6.07) is 9.21. The third kappa shape index (κ3) is 4.04. The lowest BCUT2D eigenvalue weighted by atomic mass is 9.95. The van der Waals surface area contributed by atoms with Gasteiger partial charge in [0.05, 0.1) is 0 Å². The van der Waals surface area contributed by atoms with E-state index < -0.39 is 0 Å². The third-order valence-electron chi connectivity index (χ3n) is 5.60. The topological polar surface area (TPSA) is 49.4 Å². The fourth-order valence-corrected chi connectivity index (χ4v) is 4.18. The fraction of sp³-hybridized carbons (Fsp3) is 0.600. The van der Waals surface area contributed by atoms with Gasteiger partial charge in [-0.2, -0.15) is 0 Å². The van der Waals surface area contributed by atoms with E-state index in [1.165, 1.54) is 51.6 Å². The number of hydrogen-bond acceptors (Lipinski definition) is 3. The van der Waals surface area contributed by atoms with Crippen LogP contribution in [0.15, 0.2) is 30.3 Å². The first-order chi connectivity index (χ1) is 11.7. The minimum absolute atomic E-state index is 0.00440. The molecule has 1 amide bonds. The van der Waals surface area contributed by atoms with Gasteiger partial charge in [0.25, 0.3) is 0 Å². The number of Topliss-reactive ketones (excluding diaryl/α,β-unsaturated/α-hetero) is 1. The predicted molar refractivity (Wildman–Crippen MR) is 95.0 cm³/mol. The Morgan fingerprint density at radius 2 is 1.62 bits per heavy atom. The van der Waals surface area contributed by atoms with Crippen LogP contribution in [0.1, 0.15) is 61.7 Å². The van der Waals surface area contributed by atoms with Crippen molar-refractivity contribution >= 4 is 11.7 Å². The molecule has 1 aliphatic carbocycles. The molecule has 0 radical (unpaired) electrons. The van der Waals surface area contributed by atoms with Crippen LogP contribution in [0, 0.1) is 0 Å². The van der Waals surface area contributed by atoms with Crippen molar-refractivity contribution in [1.29, 1.82) is 0 Å². The van der Waals surface area contributed by atoms with Crippen LogP contribution >= 0.6 is 0 Å². The molecule has 3 rings (SSSR count). The molecule has 1 saturated heterocycles. The maximum absolute atomic E-state index is 12.2. The number of carbonyl (C=O) groups is 2. The molecule has 1 heterocycles. The van der Waals surface area contributed by atoms with E-state index in [-0.39, 0.29) is 30.1 Å². The van der Waals surface area contributed by atoms with Crippen molar-refractivity contribution in [2.75, 3.05) is 19.6 Å². The highest BCUT2D eigenvalue weighted by Gasteiger charge is 2.40. The Hall–Kier alpha value is -1.68. The number of nitrogens with zero attached hydrogens (tertiary/aromatic N) is 1. The molecular formula is C20H28N2O2. The van der Waals surface area contributed by atoms with Crippen molar-refractivity contribution in [3.8, 4) is 0 Å². The maximum atomic E-state index is 12.2. The minimum Gasteiger partial charge on any atom is -0.354 e. The molecule has 1 aliphatic heterocycles. The Kier molecular flexibility index (Phi) is 5.67. The number of nitrogens with one attached hydrogen (secondary N) is 1. The van der Waals surface area contributed by atoms with Gasteiger partial charge in [-0.05, 0) is 38.8 Å². The Bertz CT molecular complexity index is 558. The van der Waals surface area contributed by atoms with Crippen molar-refractivity contribution in [3.63, 3.8) is 0 Å². The summed E-state index contributed by atoms with van der Waals surface area (Å²) in [6.45, 7) is 3.08. The molecule has 2 fully saturated rings. The smallest absolute Gasteiger partial charge is 0.220 e. The lowest BCUT2D eigenvalue weighted by Crippen LogP contribution is -2.53. The van der Waals surface area contributed by atoms with Crippen LogP contribution < -0.4 is 5.32 Å². The Balaban J connectivity index is 1.47. The van der Waals surface area contributed by atoms with E-state index in [4.69, 9.17) is 0 Å². The zero-order valence-electron chi connectivity index (χ0n) is 14.4. The minimum atomic E-state index is 0.00440. The van der Waals surface area contributed by atoms with Crippen molar-refractivity contribution < 1.29 is 9.59 Å². The van der Waals surface area contributed by atoms with Crippen LogP contribution in [-0.4, -0.2) is 41.8 Å². The van der Waals surface area contributed by atoms with E-state index in [0.29, 0.717) is 5.56 Å². The van der Waals surface area contributed by atoms with Crippen molar-refractivity contribution in [2.24, 2.45) is 0 Å². The molecule has 1 aromatic carbocycles. The van der Waals surface area contributed by atoms with Crippen LogP contribution in [0.25, 0.3) is 0 Å². The number of amides is 1. The van der Waals surface area contributed by atoms with E-state index in [2.05, 4.69) is 10.2 Å². The Labute approximate surface area is 144 Å². The lowest BCUT2D eigenvalue weighted by Gasteiger charge is -2.39. The molecule has 130 valence electrons. The highest BCUT2D eigenvalue weighted by atomic mass is 16.2. The van der Waals surface area contributed by atoms with Gasteiger partial charge in [-0.3, -0.25) is 14.5 Å². The van der Waals surface area contributed by atoms with E-state index in [1.807, 2.05) is 18.2 Å². The molecule has 0 aromatic heterocycles. The molecule has 0 bridgehead atoms. The van der Waals surface area contributed by atoms with Gasteiger partial charge in [0.2, 0.25) is 5.91 Å². The van der Waals surface area contributed by atoms with Gasteiger partial charge in [-0.25, -0.2) is 0 Å². The van der Waals surface area contributed by atoms with Crippen LogP contribution in [0.3, 0.4) is 0 Å². The summed E-state index contributed by atoms with van der Waals surface area (Å²) in [4.78, 5) is 26.9. The summed E-state index contributed by atoms with van der Waals surface area (Å²) in [7, 11) is 0. The molecule has 1 N–H and O–H groups in total. The second-order valence-electron chi connectivity index (χ2n) is 7.19. The average molecular weight is 328 g/mol. The van der Waals surface area contributed by atoms with Gasteiger partial charge < -0.3 is 5.32 Å². The number of likely N-dealkylation sites (tertiary alicyclic amines) is 1. The van der Waals surface area contributed by atoms with E-state index in [0.717, 1.165) is 6.54 Å². The monoisotopic (exact) mass is 328 g/mol. The summed E-state index contributed by atoms with van der Waals surface area (Å²) in [6.07, 6.45) is 8.03. The summed E-state index contributed by atoms with van der Waals surface area (Å²) in [5.41, 5.74) is 0.866. The molecule has 1 saturated carbocycles. The first kappa shape index (κ1) is 17.2. The van der Waals surface area contributed by atoms with E-state index in [1.54, 1.807) is 12.1 Å². The lowest BCUT2D eigenvalue weighted by molar-refractivity contribution is -0.121. The SMILES string of the molecule is O=C(CCC(=O)c1ccccc1)NCC1(N2CCCC2)CCCC1.